The maximum atomic E-state index is 11.5. The van der Waals surface area contributed by atoms with Crippen LogP contribution in [0.15, 0.2) is 12.3 Å². The maximum absolute atomic E-state index is 11.5. The standard InChI is InChI=1S/C14H17N3O4/c1-7-4-10(17(20)21)13(15-6-7)16-12-9-3-2-8(5-9)11(12)14(18)19/h4,6,8-9,11-12H,2-3,5H2,1H3,(H,15,16)(H,18,19). The molecular formula is C14H17N3O4. The average molecular weight is 291 g/mol. The van der Waals surface area contributed by atoms with Gasteiger partial charge in [0.2, 0.25) is 5.82 Å². The molecule has 2 fully saturated rings. The van der Waals surface area contributed by atoms with Gasteiger partial charge in [-0.3, -0.25) is 14.9 Å². The maximum Gasteiger partial charge on any atom is 0.311 e. The van der Waals surface area contributed by atoms with E-state index in [1.54, 1.807) is 13.1 Å². The second kappa shape index (κ2) is 4.98. The second-order valence-electron chi connectivity index (χ2n) is 6.00. The summed E-state index contributed by atoms with van der Waals surface area (Å²) in [5.74, 6) is -0.691. The van der Waals surface area contributed by atoms with Crippen molar-refractivity contribution in [1.29, 1.82) is 0 Å². The SMILES string of the molecule is Cc1cnc(NC2C3CCC(C3)C2C(=O)O)c([N+](=O)[O-])c1. The zero-order chi connectivity index (χ0) is 15.1. The molecule has 2 N–H and O–H groups in total. The van der Waals surface area contributed by atoms with Crippen molar-refractivity contribution >= 4 is 17.5 Å². The lowest BCUT2D eigenvalue weighted by atomic mass is 9.84. The Labute approximate surface area is 121 Å². The van der Waals surface area contributed by atoms with Gasteiger partial charge < -0.3 is 10.4 Å². The van der Waals surface area contributed by atoms with Crippen LogP contribution in [0.25, 0.3) is 0 Å². The number of nitrogens with zero attached hydrogens (tertiary/aromatic N) is 2. The highest BCUT2D eigenvalue weighted by atomic mass is 16.6. The molecule has 2 aliphatic carbocycles. The minimum atomic E-state index is -0.825. The number of aliphatic carboxylic acids is 1. The first-order valence-electron chi connectivity index (χ1n) is 7.07. The van der Waals surface area contributed by atoms with Crippen LogP contribution in [0.4, 0.5) is 11.5 Å². The van der Waals surface area contributed by atoms with Gasteiger partial charge in [0.1, 0.15) is 0 Å². The molecule has 1 aromatic rings. The Bertz CT molecular complexity index is 604. The molecule has 0 amide bonds. The summed E-state index contributed by atoms with van der Waals surface area (Å²) in [5.41, 5.74) is 0.608. The van der Waals surface area contributed by atoms with Crippen LogP contribution >= 0.6 is 0 Å². The van der Waals surface area contributed by atoms with Crippen LogP contribution in [0, 0.1) is 34.8 Å². The Morgan fingerprint density at radius 3 is 2.86 bits per heavy atom. The summed E-state index contributed by atoms with van der Waals surface area (Å²) in [6.07, 6.45) is 4.35. The number of hydrogen-bond donors (Lipinski definition) is 2. The number of anilines is 1. The van der Waals surface area contributed by atoms with Gasteiger partial charge in [-0.15, -0.1) is 0 Å². The van der Waals surface area contributed by atoms with E-state index in [1.165, 1.54) is 6.07 Å². The van der Waals surface area contributed by atoms with E-state index in [4.69, 9.17) is 0 Å². The molecule has 2 saturated carbocycles. The quantitative estimate of drug-likeness (QED) is 0.650. The highest BCUT2D eigenvalue weighted by Crippen LogP contribution is 2.49. The lowest BCUT2D eigenvalue weighted by molar-refractivity contribution is -0.384. The predicted octanol–water partition coefficient (Wildman–Crippen LogP) is 2.21. The highest BCUT2D eigenvalue weighted by molar-refractivity contribution is 5.73. The van der Waals surface area contributed by atoms with Crippen molar-refractivity contribution in [3.05, 3.63) is 27.9 Å². The molecule has 4 unspecified atom stereocenters. The molecule has 7 heteroatoms. The number of aromatic nitrogens is 1. The number of carboxylic acids is 1. The Hall–Kier alpha value is -2.18. The van der Waals surface area contributed by atoms with Gasteiger partial charge in [-0.05, 0) is 43.6 Å². The number of pyridine rings is 1. The van der Waals surface area contributed by atoms with Crippen LogP contribution in [0.2, 0.25) is 0 Å². The number of nitro groups is 1. The van der Waals surface area contributed by atoms with Crippen LogP contribution in [0.3, 0.4) is 0 Å². The zero-order valence-corrected chi connectivity index (χ0v) is 11.7. The fourth-order valence-corrected chi connectivity index (χ4v) is 3.82. The first kappa shape index (κ1) is 13.8. The molecule has 0 saturated heterocycles. The molecular weight excluding hydrogens is 274 g/mol. The minimum Gasteiger partial charge on any atom is -0.481 e. The fourth-order valence-electron chi connectivity index (χ4n) is 3.82. The summed E-state index contributed by atoms with van der Waals surface area (Å²) in [6.45, 7) is 1.74. The summed E-state index contributed by atoms with van der Waals surface area (Å²) in [6, 6.07) is 1.19. The summed E-state index contributed by atoms with van der Waals surface area (Å²) in [7, 11) is 0. The molecule has 1 heterocycles. The van der Waals surface area contributed by atoms with E-state index in [0.29, 0.717) is 5.56 Å². The van der Waals surface area contributed by atoms with Gasteiger partial charge >= 0.3 is 11.7 Å². The smallest absolute Gasteiger partial charge is 0.311 e. The number of carboxylic acid groups (broad SMARTS) is 1. The number of hydrogen-bond acceptors (Lipinski definition) is 5. The Balaban J connectivity index is 1.89. The van der Waals surface area contributed by atoms with Crippen LogP contribution < -0.4 is 5.32 Å². The first-order chi connectivity index (χ1) is 9.97. The summed E-state index contributed by atoms with van der Waals surface area (Å²) in [5, 5.41) is 23.6. The van der Waals surface area contributed by atoms with E-state index in [-0.39, 0.29) is 29.4 Å². The molecule has 0 aliphatic heterocycles. The third-order valence-corrected chi connectivity index (χ3v) is 4.71. The van der Waals surface area contributed by atoms with E-state index in [9.17, 15) is 20.0 Å². The van der Waals surface area contributed by atoms with E-state index >= 15 is 0 Å². The van der Waals surface area contributed by atoms with Crippen LogP contribution in [0.1, 0.15) is 24.8 Å². The number of carbonyl (C=O) groups is 1. The van der Waals surface area contributed by atoms with Crippen molar-refractivity contribution in [2.24, 2.45) is 17.8 Å². The van der Waals surface area contributed by atoms with Gasteiger partial charge in [-0.2, -0.15) is 0 Å². The van der Waals surface area contributed by atoms with E-state index in [2.05, 4.69) is 10.3 Å². The first-order valence-corrected chi connectivity index (χ1v) is 7.07. The van der Waals surface area contributed by atoms with E-state index in [0.717, 1.165) is 19.3 Å². The normalized spacial score (nSPS) is 30.3. The summed E-state index contributed by atoms with van der Waals surface area (Å²) >= 11 is 0. The summed E-state index contributed by atoms with van der Waals surface area (Å²) in [4.78, 5) is 26.2. The highest BCUT2D eigenvalue weighted by Gasteiger charge is 2.51. The third-order valence-electron chi connectivity index (χ3n) is 4.71. The van der Waals surface area contributed by atoms with E-state index < -0.39 is 16.8 Å². The lowest BCUT2D eigenvalue weighted by Gasteiger charge is -2.29. The second-order valence-corrected chi connectivity index (χ2v) is 6.00. The molecule has 4 atom stereocenters. The number of aryl methyl sites for hydroxylation is 1. The van der Waals surface area contributed by atoms with Crippen molar-refractivity contribution in [3.63, 3.8) is 0 Å². The monoisotopic (exact) mass is 291 g/mol. The molecule has 0 radical (unpaired) electrons. The molecule has 112 valence electrons. The van der Waals surface area contributed by atoms with Crippen LogP contribution in [-0.4, -0.2) is 27.0 Å². The molecule has 3 rings (SSSR count). The van der Waals surface area contributed by atoms with Crippen molar-refractivity contribution in [3.8, 4) is 0 Å². The molecule has 21 heavy (non-hydrogen) atoms. The number of nitrogens with one attached hydrogen (secondary N) is 1. The third kappa shape index (κ3) is 2.32. The molecule has 0 aromatic carbocycles. The van der Waals surface area contributed by atoms with Gasteiger partial charge in [0.25, 0.3) is 0 Å². The molecule has 2 bridgehead atoms. The van der Waals surface area contributed by atoms with Gasteiger partial charge in [-0.1, -0.05) is 0 Å². The molecule has 1 aromatic heterocycles. The Kier molecular flexibility index (Phi) is 3.27. The van der Waals surface area contributed by atoms with Crippen molar-refractivity contribution in [2.75, 3.05) is 5.32 Å². The zero-order valence-electron chi connectivity index (χ0n) is 11.7. The largest absolute Gasteiger partial charge is 0.481 e. The fraction of sp³-hybridized carbons (Fsp3) is 0.571. The lowest BCUT2D eigenvalue weighted by Crippen LogP contribution is -2.39. The topological polar surface area (TPSA) is 105 Å². The molecule has 0 spiro atoms. The van der Waals surface area contributed by atoms with Crippen LogP contribution in [0.5, 0.6) is 0 Å². The van der Waals surface area contributed by atoms with Crippen molar-refractivity contribution < 1.29 is 14.8 Å². The van der Waals surface area contributed by atoms with Crippen LogP contribution in [-0.2, 0) is 4.79 Å². The molecule has 2 aliphatic rings. The van der Waals surface area contributed by atoms with Crippen molar-refractivity contribution in [2.45, 2.75) is 32.2 Å². The van der Waals surface area contributed by atoms with Crippen molar-refractivity contribution in [1.82, 2.24) is 4.98 Å². The van der Waals surface area contributed by atoms with Gasteiger partial charge in [-0.25, -0.2) is 4.98 Å². The number of rotatable bonds is 4. The molecule has 7 nitrogen and oxygen atoms in total. The van der Waals surface area contributed by atoms with Gasteiger partial charge in [0.05, 0.1) is 10.8 Å². The van der Waals surface area contributed by atoms with E-state index in [1.807, 2.05) is 0 Å². The van der Waals surface area contributed by atoms with Gasteiger partial charge in [0.15, 0.2) is 0 Å². The summed E-state index contributed by atoms with van der Waals surface area (Å²) < 4.78 is 0. The average Bonchev–Trinajstić information content (AvgIpc) is 3.01. The Morgan fingerprint density at radius 2 is 2.19 bits per heavy atom. The predicted molar refractivity (Wildman–Crippen MR) is 75.0 cm³/mol. The Morgan fingerprint density at radius 1 is 1.48 bits per heavy atom. The van der Waals surface area contributed by atoms with Gasteiger partial charge in [0, 0.05) is 18.3 Å². The number of fused-ring (bicyclic) bond motifs is 2. The minimum absolute atomic E-state index is 0.0955.